The number of para-hydroxylation sites is 6. The minimum absolute atomic E-state index is 0.0827. The number of aromatic nitrogens is 2. The number of nitrogens with one attached hydrogen (secondary N) is 1. The first-order chi connectivity index (χ1) is 27.7. The maximum absolute atomic E-state index is 5.44. The van der Waals surface area contributed by atoms with Crippen LogP contribution in [0.2, 0.25) is 0 Å². The summed E-state index contributed by atoms with van der Waals surface area (Å²) in [5.74, 6) is 0. The molecule has 7 aromatic carbocycles. The number of rotatable bonds is 3. The number of aliphatic imine (C=N–C) groups is 1. The van der Waals surface area contributed by atoms with E-state index in [9.17, 15) is 0 Å². The summed E-state index contributed by atoms with van der Waals surface area (Å²) < 4.78 is 4.84. The fourth-order valence-corrected chi connectivity index (χ4v) is 10.7. The van der Waals surface area contributed by atoms with Crippen molar-refractivity contribution in [2.45, 2.75) is 24.5 Å². The van der Waals surface area contributed by atoms with E-state index >= 15 is 0 Å². The average Bonchev–Trinajstić information content (AvgIpc) is 3.95. The number of benzene rings is 7. The Bertz CT molecular complexity index is 3250. The summed E-state index contributed by atoms with van der Waals surface area (Å²) in [7, 11) is 0. The first-order valence-corrected chi connectivity index (χ1v) is 19.5. The highest BCUT2D eigenvalue weighted by Crippen LogP contribution is 2.60. The van der Waals surface area contributed by atoms with Crippen molar-refractivity contribution in [3.8, 4) is 11.4 Å². The van der Waals surface area contributed by atoms with Gasteiger partial charge >= 0.3 is 0 Å². The van der Waals surface area contributed by atoms with E-state index in [1.54, 1.807) is 0 Å². The Labute approximate surface area is 323 Å². The third kappa shape index (κ3) is 3.81. The van der Waals surface area contributed by atoms with Crippen LogP contribution in [0.5, 0.6) is 0 Å². The van der Waals surface area contributed by atoms with Crippen LogP contribution in [-0.2, 0) is 5.41 Å². The number of allylic oxidation sites excluding steroid dienone is 2. The molecule has 3 aliphatic heterocycles. The van der Waals surface area contributed by atoms with Gasteiger partial charge in [0.2, 0.25) is 0 Å². The summed E-state index contributed by atoms with van der Waals surface area (Å²) >= 11 is 0. The summed E-state index contributed by atoms with van der Waals surface area (Å²) in [6.07, 6.45) is 4.94. The molecule has 0 saturated carbocycles. The molecule has 4 aliphatic rings. The molecule has 5 heteroatoms. The molecule has 56 heavy (non-hydrogen) atoms. The van der Waals surface area contributed by atoms with E-state index in [-0.39, 0.29) is 17.6 Å². The maximum Gasteiger partial charge on any atom is 0.144 e. The van der Waals surface area contributed by atoms with Gasteiger partial charge in [0.05, 0.1) is 45.2 Å². The highest BCUT2D eigenvalue weighted by Gasteiger charge is 2.59. The van der Waals surface area contributed by atoms with Gasteiger partial charge in [-0.15, -0.1) is 0 Å². The Balaban J connectivity index is 1.10. The standard InChI is InChI=1S/C51H35N5/c1-51-30-32(31-24-25-43-37(28-31)35-18-8-12-22-41(35)54(43)33-14-4-2-5-15-33)29-38-48-50(53-40-21-11-10-20-39(40)52-48)56(49(38)51)45-27-26-44-46(47(45)51)36-19-9-13-23-42(36)55(44)34-16-6-3-7-17-34/h2-30,49-50,53H,1H3. The molecular weight excluding hydrogens is 683 g/mol. The van der Waals surface area contributed by atoms with Crippen LogP contribution in [0.3, 0.4) is 0 Å². The summed E-state index contributed by atoms with van der Waals surface area (Å²) in [6, 6.07) is 59.6. The number of nitrogens with zero attached hydrogens (tertiary/aromatic N) is 4. The van der Waals surface area contributed by atoms with E-state index < -0.39 is 0 Å². The van der Waals surface area contributed by atoms with Crippen molar-refractivity contribution >= 4 is 72.0 Å². The van der Waals surface area contributed by atoms with Crippen molar-refractivity contribution in [1.29, 1.82) is 0 Å². The predicted octanol–water partition coefficient (Wildman–Crippen LogP) is 11.9. The fourth-order valence-electron chi connectivity index (χ4n) is 10.7. The second kappa shape index (κ2) is 10.8. The summed E-state index contributed by atoms with van der Waals surface area (Å²) in [5, 5.41) is 9.08. The molecule has 1 aliphatic carbocycles. The van der Waals surface area contributed by atoms with Gasteiger partial charge < -0.3 is 19.4 Å². The normalized spacial score (nSPS) is 20.4. The Morgan fingerprint density at radius 2 is 1.21 bits per heavy atom. The van der Waals surface area contributed by atoms with Gasteiger partial charge in [-0.25, -0.2) is 4.99 Å². The van der Waals surface area contributed by atoms with Crippen LogP contribution in [-0.4, -0.2) is 27.1 Å². The second-order valence-corrected chi connectivity index (χ2v) is 15.8. The van der Waals surface area contributed by atoms with E-state index in [1.807, 2.05) is 0 Å². The van der Waals surface area contributed by atoms with E-state index in [4.69, 9.17) is 4.99 Å². The number of anilines is 2. The third-order valence-corrected chi connectivity index (χ3v) is 12.8. The average molecular weight is 718 g/mol. The first-order valence-electron chi connectivity index (χ1n) is 19.5. The van der Waals surface area contributed by atoms with Crippen molar-refractivity contribution in [1.82, 2.24) is 9.13 Å². The van der Waals surface area contributed by atoms with Crippen molar-refractivity contribution < 1.29 is 0 Å². The van der Waals surface area contributed by atoms with E-state index in [2.05, 4.69) is 202 Å². The molecule has 5 nitrogen and oxygen atoms in total. The second-order valence-electron chi connectivity index (χ2n) is 15.8. The quantitative estimate of drug-likeness (QED) is 0.198. The molecule has 9 aromatic rings. The number of fused-ring (bicyclic) bond motifs is 14. The Morgan fingerprint density at radius 1 is 0.589 bits per heavy atom. The Morgan fingerprint density at radius 3 is 2.00 bits per heavy atom. The summed E-state index contributed by atoms with van der Waals surface area (Å²) in [4.78, 5) is 8.07. The molecule has 0 amide bonds. The molecule has 5 heterocycles. The lowest BCUT2D eigenvalue weighted by Crippen LogP contribution is -2.45. The monoisotopic (exact) mass is 717 g/mol. The van der Waals surface area contributed by atoms with Gasteiger partial charge in [-0.1, -0.05) is 97.1 Å². The molecule has 264 valence electrons. The van der Waals surface area contributed by atoms with Crippen LogP contribution >= 0.6 is 0 Å². The zero-order chi connectivity index (χ0) is 36.7. The van der Waals surface area contributed by atoms with Crippen LogP contribution in [0.1, 0.15) is 18.1 Å². The van der Waals surface area contributed by atoms with Gasteiger partial charge in [0.1, 0.15) is 6.17 Å². The zero-order valence-electron chi connectivity index (χ0n) is 30.7. The van der Waals surface area contributed by atoms with Crippen LogP contribution in [0.4, 0.5) is 17.1 Å². The molecule has 3 atom stereocenters. The SMILES string of the molecule is CC12C=C(c3ccc4c(c3)c3ccccc3n4-c3ccccc3)C=C3C4=Nc5ccccc5NC4N(c4ccc5c(c41)c1ccccc1n5-c1ccccc1)C32. The van der Waals surface area contributed by atoms with E-state index in [0.717, 1.165) is 17.1 Å². The Hall–Kier alpha value is -7.11. The lowest BCUT2D eigenvalue weighted by Gasteiger charge is -2.35. The minimum atomic E-state index is -0.360. The van der Waals surface area contributed by atoms with Gasteiger partial charge in [-0.05, 0) is 102 Å². The smallest absolute Gasteiger partial charge is 0.144 e. The first kappa shape index (κ1) is 30.2. The van der Waals surface area contributed by atoms with Crippen LogP contribution in [0, 0.1) is 0 Å². The predicted molar refractivity (Wildman–Crippen MR) is 232 cm³/mol. The van der Waals surface area contributed by atoms with Crippen molar-refractivity contribution in [2.75, 3.05) is 10.2 Å². The largest absolute Gasteiger partial charge is 0.358 e. The van der Waals surface area contributed by atoms with Crippen LogP contribution < -0.4 is 10.2 Å². The topological polar surface area (TPSA) is 37.5 Å². The van der Waals surface area contributed by atoms with Crippen molar-refractivity contribution in [3.63, 3.8) is 0 Å². The summed E-state index contributed by atoms with van der Waals surface area (Å²) in [6.45, 7) is 2.47. The van der Waals surface area contributed by atoms with Crippen molar-refractivity contribution in [3.05, 3.63) is 193 Å². The molecule has 13 rings (SSSR count). The molecular formula is C51H35N5. The highest BCUT2D eigenvalue weighted by molar-refractivity contribution is 6.21. The third-order valence-electron chi connectivity index (χ3n) is 12.8. The molecule has 1 fully saturated rings. The Kier molecular flexibility index (Phi) is 5.81. The van der Waals surface area contributed by atoms with Gasteiger partial charge in [0.15, 0.2) is 0 Å². The fraction of sp³-hybridized carbons (Fsp3) is 0.0784. The van der Waals surface area contributed by atoms with Gasteiger partial charge in [0.25, 0.3) is 0 Å². The van der Waals surface area contributed by atoms with E-state index in [0.29, 0.717) is 0 Å². The highest BCUT2D eigenvalue weighted by atomic mass is 15.4. The maximum atomic E-state index is 5.44. The molecule has 1 saturated heterocycles. The van der Waals surface area contributed by atoms with E-state index in [1.165, 1.54) is 82.9 Å². The molecule has 0 spiro atoms. The van der Waals surface area contributed by atoms with Crippen LogP contribution in [0.25, 0.3) is 60.6 Å². The minimum Gasteiger partial charge on any atom is -0.358 e. The van der Waals surface area contributed by atoms with Crippen molar-refractivity contribution in [2.24, 2.45) is 4.99 Å². The molecule has 3 unspecified atom stereocenters. The molecule has 0 bridgehead atoms. The van der Waals surface area contributed by atoms with Gasteiger partial charge in [0, 0.05) is 49.6 Å². The molecule has 1 N–H and O–H groups in total. The zero-order valence-corrected chi connectivity index (χ0v) is 30.7. The molecule has 0 radical (unpaired) electrons. The molecule has 2 aromatic heterocycles. The van der Waals surface area contributed by atoms with Gasteiger partial charge in [-0.3, -0.25) is 0 Å². The van der Waals surface area contributed by atoms with Crippen LogP contribution in [0.15, 0.2) is 187 Å². The number of hydrogen-bond acceptors (Lipinski definition) is 3. The number of hydrogen-bond donors (Lipinski definition) is 1. The lowest BCUT2D eigenvalue weighted by molar-refractivity contribution is 0.534. The summed E-state index contributed by atoms with van der Waals surface area (Å²) in [5.41, 5.74) is 16.4. The van der Waals surface area contributed by atoms with Gasteiger partial charge in [-0.2, -0.15) is 0 Å². The lowest BCUT2D eigenvalue weighted by atomic mass is 9.69.